The molecule has 0 saturated carbocycles. The maximum Gasteiger partial charge on any atom is 0.129 e. The van der Waals surface area contributed by atoms with Crippen LogP contribution in [0.2, 0.25) is 5.02 Å². The number of nitrogens with zero attached hydrogens (tertiary/aromatic N) is 1. The van der Waals surface area contributed by atoms with Gasteiger partial charge in [0.15, 0.2) is 0 Å². The van der Waals surface area contributed by atoms with Crippen LogP contribution in [0.3, 0.4) is 0 Å². The normalized spacial score (nSPS) is 10.2. The summed E-state index contributed by atoms with van der Waals surface area (Å²) in [5.41, 5.74) is 1.48. The Morgan fingerprint density at radius 1 is 1.20 bits per heavy atom. The van der Waals surface area contributed by atoms with Gasteiger partial charge < -0.3 is 5.32 Å². The smallest absolute Gasteiger partial charge is 0.129 e. The molecule has 0 aliphatic carbocycles. The van der Waals surface area contributed by atoms with Crippen LogP contribution in [0, 0.1) is 29.9 Å². The van der Waals surface area contributed by atoms with Gasteiger partial charge in [-0.3, -0.25) is 0 Å². The minimum Gasteiger partial charge on any atom is -0.381 e. The molecular weight excluding hydrogens is 282 g/mol. The van der Waals surface area contributed by atoms with Crippen molar-refractivity contribution in [3.8, 4) is 6.07 Å². The molecule has 0 bridgehead atoms. The number of nitrogens with one attached hydrogen (secondary N) is 1. The van der Waals surface area contributed by atoms with Gasteiger partial charge in [-0.1, -0.05) is 17.7 Å². The molecule has 0 fully saturated rings. The third-order valence-corrected chi connectivity index (χ3v) is 3.19. The summed E-state index contributed by atoms with van der Waals surface area (Å²) in [5.74, 6) is -0.900. The monoisotopic (exact) mass is 292 g/mol. The van der Waals surface area contributed by atoms with Crippen LogP contribution in [-0.2, 0) is 6.54 Å². The molecule has 0 spiro atoms. The Balaban J connectivity index is 2.23. The Bertz CT molecular complexity index is 693. The van der Waals surface area contributed by atoms with E-state index in [0.29, 0.717) is 21.8 Å². The highest BCUT2D eigenvalue weighted by Crippen LogP contribution is 2.22. The van der Waals surface area contributed by atoms with E-state index in [2.05, 4.69) is 5.32 Å². The van der Waals surface area contributed by atoms with E-state index in [1.54, 1.807) is 19.1 Å². The van der Waals surface area contributed by atoms with Crippen molar-refractivity contribution in [2.45, 2.75) is 13.5 Å². The highest BCUT2D eigenvalue weighted by molar-refractivity contribution is 6.30. The van der Waals surface area contributed by atoms with Crippen LogP contribution in [0.5, 0.6) is 0 Å². The van der Waals surface area contributed by atoms with Crippen molar-refractivity contribution in [2.75, 3.05) is 5.32 Å². The van der Waals surface area contributed by atoms with E-state index in [4.69, 9.17) is 16.9 Å². The largest absolute Gasteiger partial charge is 0.381 e. The van der Waals surface area contributed by atoms with Crippen LogP contribution >= 0.6 is 11.6 Å². The average molecular weight is 293 g/mol. The lowest BCUT2D eigenvalue weighted by atomic mass is 10.1. The Morgan fingerprint density at radius 2 is 1.95 bits per heavy atom. The van der Waals surface area contributed by atoms with Crippen LogP contribution in [0.15, 0.2) is 30.3 Å². The second-order valence-corrected chi connectivity index (χ2v) is 4.77. The van der Waals surface area contributed by atoms with Gasteiger partial charge >= 0.3 is 0 Å². The first-order valence-electron chi connectivity index (χ1n) is 5.89. The van der Waals surface area contributed by atoms with Crippen molar-refractivity contribution in [3.05, 3.63) is 63.7 Å². The summed E-state index contributed by atoms with van der Waals surface area (Å²) in [5, 5.41) is 12.1. The minimum absolute atomic E-state index is 0.179. The van der Waals surface area contributed by atoms with Crippen LogP contribution in [-0.4, -0.2) is 0 Å². The van der Waals surface area contributed by atoms with Crippen LogP contribution in [0.4, 0.5) is 14.5 Å². The SMILES string of the molecule is Cc1c(F)cc(C#N)cc1NCc1ccc(Cl)cc1F. The van der Waals surface area contributed by atoms with Crippen molar-refractivity contribution < 1.29 is 8.78 Å². The molecule has 0 atom stereocenters. The van der Waals surface area contributed by atoms with E-state index in [1.165, 1.54) is 18.2 Å². The molecule has 0 amide bonds. The van der Waals surface area contributed by atoms with Crippen molar-refractivity contribution >= 4 is 17.3 Å². The number of anilines is 1. The number of nitriles is 1. The molecule has 5 heteroatoms. The topological polar surface area (TPSA) is 35.8 Å². The van der Waals surface area contributed by atoms with Gasteiger partial charge in [0.05, 0.1) is 11.6 Å². The molecule has 2 rings (SSSR count). The molecule has 20 heavy (non-hydrogen) atoms. The van der Waals surface area contributed by atoms with Crippen molar-refractivity contribution in [2.24, 2.45) is 0 Å². The van der Waals surface area contributed by atoms with Gasteiger partial charge in [0.2, 0.25) is 0 Å². The fourth-order valence-corrected chi connectivity index (χ4v) is 1.94. The molecule has 0 aliphatic heterocycles. The molecule has 2 aromatic carbocycles. The van der Waals surface area contributed by atoms with Crippen LogP contribution < -0.4 is 5.32 Å². The first kappa shape index (κ1) is 14.3. The zero-order valence-electron chi connectivity index (χ0n) is 10.7. The average Bonchev–Trinajstić information content (AvgIpc) is 2.41. The van der Waals surface area contributed by atoms with Crippen molar-refractivity contribution in [3.63, 3.8) is 0 Å². The highest BCUT2D eigenvalue weighted by Gasteiger charge is 2.08. The van der Waals surface area contributed by atoms with Gasteiger partial charge in [-0.05, 0) is 31.2 Å². The lowest BCUT2D eigenvalue weighted by molar-refractivity contribution is 0.612. The van der Waals surface area contributed by atoms with E-state index >= 15 is 0 Å². The van der Waals surface area contributed by atoms with Gasteiger partial charge in [0.1, 0.15) is 11.6 Å². The molecule has 0 saturated heterocycles. The summed E-state index contributed by atoms with van der Waals surface area (Å²) in [6, 6.07) is 8.95. The van der Waals surface area contributed by atoms with Crippen LogP contribution in [0.25, 0.3) is 0 Å². The molecule has 0 heterocycles. The van der Waals surface area contributed by atoms with E-state index in [0.717, 1.165) is 0 Å². The first-order valence-corrected chi connectivity index (χ1v) is 6.27. The lowest BCUT2D eigenvalue weighted by Gasteiger charge is -2.11. The van der Waals surface area contributed by atoms with Gasteiger partial charge in [0.25, 0.3) is 0 Å². The Kier molecular flexibility index (Phi) is 4.21. The Hall–Kier alpha value is -2.12. The number of benzene rings is 2. The van der Waals surface area contributed by atoms with Crippen molar-refractivity contribution in [1.29, 1.82) is 5.26 Å². The van der Waals surface area contributed by atoms with Crippen LogP contribution in [0.1, 0.15) is 16.7 Å². The molecule has 0 radical (unpaired) electrons. The predicted molar refractivity (Wildman–Crippen MR) is 74.6 cm³/mol. The summed E-state index contributed by atoms with van der Waals surface area (Å²) in [6.45, 7) is 1.77. The van der Waals surface area contributed by atoms with E-state index in [1.807, 2.05) is 6.07 Å². The standard InChI is InChI=1S/C15H11ClF2N2/c1-9-13(17)4-10(7-19)5-15(9)20-8-11-2-3-12(16)6-14(11)18/h2-6,20H,8H2,1H3. The number of hydrogen-bond acceptors (Lipinski definition) is 2. The molecule has 0 aromatic heterocycles. The molecule has 1 N–H and O–H groups in total. The number of halogens is 3. The lowest BCUT2D eigenvalue weighted by Crippen LogP contribution is -2.04. The summed E-state index contributed by atoms with van der Waals surface area (Å²) in [4.78, 5) is 0. The Labute approximate surface area is 120 Å². The fraction of sp³-hybridized carbons (Fsp3) is 0.133. The summed E-state index contributed by atoms with van der Waals surface area (Å²) in [6.07, 6.45) is 0. The maximum absolute atomic E-state index is 13.6. The summed E-state index contributed by atoms with van der Waals surface area (Å²) < 4.78 is 27.2. The molecule has 102 valence electrons. The van der Waals surface area contributed by atoms with E-state index < -0.39 is 11.6 Å². The minimum atomic E-state index is -0.469. The van der Waals surface area contributed by atoms with Gasteiger partial charge in [-0.2, -0.15) is 5.26 Å². The quantitative estimate of drug-likeness (QED) is 0.909. The van der Waals surface area contributed by atoms with Gasteiger partial charge in [0, 0.05) is 28.4 Å². The van der Waals surface area contributed by atoms with E-state index in [9.17, 15) is 8.78 Å². The second-order valence-electron chi connectivity index (χ2n) is 4.33. The first-order chi connectivity index (χ1) is 9.51. The molecular formula is C15H11ClF2N2. The molecule has 2 aromatic rings. The highest BCUT2D eigenvalue weighted by atomic mass is 35.5. The molecule has 2 nitrogen and oxygen atoms in total. The zero-order valence-corrected chi connectivity index (χ0v) is 11.4. The van der Waals surface area contributed by atoms with E-state index in [-0.39, 0.29) is 12.1 Å². The fourth-order valence-electron chi connectivity index (χ4n) is 1.78. The van der Waals surface area contributed by atoms with Gasteiger partial charge in [-0.25, -0.2) is 8.78 Å². The summed E-state index contributed by atoms with van der Waals surface area (Å²) >= 11 is 5.67. The molecule has 0 unspecified atom stereocenters. The zero-order chi connectivity index (χ0) is 14.7. The molecule has 0 aliphatic rings. The third-order valence-electron chi connectivity index (χ3n) is 2.96. The number of rotatable bonds is 3. The Morgan fingerprint density at radius 3 is 2.60 bits per heavy atom. The van der Waals surface area contributed by atoms with Gasteiger partial charge in [-0.15, -0.1) is 0 Å². The van der Waals surface area contributed by atoms with Crippen molar-refractivity contribution in [1.82, 2.24) is 0 Å². The number of hydrogen-bond donors (Lipinski definition) is 1. The second kappa shape index (κ2) is 5.89. The predicted octanol–water partition coefficient (Wildman–Crippen LogP) is 4.41. The third kappa shape index (κ3) is 3.06. The summed E-state index contributed by atoms with van der Waals surface area (Å²) in [7, 11) is 0. The maximum atomic E-state index is 13.6.